The van der Waals surface area contributed by atoms with Gasteiger partial charge in [0.25, 0.3) is 0 Å². The average molecular weight is 393 g/mol. The molecular formula is C20H29F2N5O. The first kappa shape index (κ1) is 19.7. The van der Waals surface area contributed by atoms with Gasteiger partial charge in [0.2, 0.25) is 5.91 Å². The number of halogens is 2. The van der Waals surface area contributed by atoms with Crippen molar-refractivity contribution in [2.45, 2.75) is 57.3 Å². The Hall–Kier alpha value is -1.61. The van der Waals surface area contributed by atoms with Crippen molar-refractivity contribution >= 4 is 5.91 Å². The van der Waals surface area contributed by atoms with Gasteiger partial charge in [0.05, 0.1) is 6.04 Å². The number of likely N-dealkylation sites (tertiary alicyclic amines) is 1. The number of nitrogens with zero attached hydrogens (tertiary/aromatic N) is 1. The standard InChI is InChI=1S/C20H29F2N5O/c1-11(2)7-13-9-18(25-23-13)20(28)27-6-5-17-14(10-27)19(26-24-17)12-3-4-15(21)16(22)8-12/h3-4,8,11,13-14,17-19,23-26H,5-7,9-10H2,1-2H3. The molecule has 3 fully saturated rings. The van der Waals surface area contributed by atoms with E-state index in [-0.39, 0.29) is 30.0 Å². The summed E-state index contributed by atoms with van der Waals surface area (Å²) in [5, 5.41) is 0. The van der Waals surface area contributed by atoms with Crippen LogP contribution >= 0.6 is 0 Å². The third-order valence-electron chi connectivity index (χ3n) is 6.16. The highest BCUT2D eigenvalue weighted by Crippen LogP contribution is 2.34. The molecule has 0 aliphatic carbocycles. The van der Waals surface area contributed by atoms with Crippen LogP contribution in [-0.4, -0.2) is 42.0 Å². The highest BCUT2D eigenvalue weighted by molar-refractivity contribution is 5.82. The smallest absolute Gasteiger partial charge is 0.241 e. The number of benzene rings is 1. The Bertz CT molecular complexity index is 731. The fourth-order valence-electron chi connectivity index (χ4n) is 4.77. The molecule has 0 radical (unpaired) electrons. The number of hydrogen-bond acceptors (Lipinski definition) is 5. The zero-order valence-electron chi connectivity index (χ0n) is 16.3. The minimum atomic E-state index is -0.845. The van der Waals surface area contributed by atoms with Crippen LogP contribution in [0.1, 0.15) is 44.7 Å². The van der Waals surface area contributed by atoms with Crippen molar-refractivity contribution < 1.29 is 13.6 Å². The number of fused-ring (bicyclic) bond motifs is 1. The lowest BCUT2D eigenvalue weighted by molar-refractivity contribution is -0.135. The first-order valence-electron chi connectivity index (χ1n) is 10.2. The van der Waals surface area contributed by atoms with Crippen molar-refractivity contribution in [1.29, 1.82) is 0 Å². The van der Waals surface area contributed by atoms with E-state index in [1.54, 1.807) is 6.07 Å². The molecule has 3 aliphatic rings. The van der Waals surface area contributed by atoms with Gasteiger partial charge in [0.15, 0.2) is 11.6 Å². The quantitative estimate of drug-likeness (QED) is 0.626. The van der Waals surface area contributed by atoms with E-state index in [0.717, 1.165) is 25.3 Å². The van der Waals surface area contributed by atoms with Gasteiger partial charge in [0.1, 0.15) is 6.04 Å². The Morgan fingerprint density at radius 1 is 1.18 bits per heavy atom. The van der Waals surface area contributed by atoms with Crippen molar-refractivity contribution in [1.82, 2.24) is 26.6 Å². The number of rotatable bonds is 4. The molecule has 1 aromatic carbocycles. The number of hydrogen-bond donors (Lipinski definition) is 4. The van der Waals surface area contributed by atoms with Crippen LogP contribution in [0.3, 0.4) is 0 Å². The van der Waals surface area contributed by atoms with Gasteiger partial charge < -0.3 is 4.90 Å². The summed E-state index contributed by atoms with van der Waals surface area (Å²) < 4.78 is 27.0. The van der Waals surface area contributed by atoms with Crippen molar-refractivity contribution in [3.63, 3.8) is 0 Å². The molecule has 3 saturated heterocycles. The Labute approximate surface area is 164 Å². The molecule has 0 bridgehead atoms. The van der Waals surface area contributed by atoms with E-state index in [0.29, 0.717) is 30.6 Å². The molecule has 5 atom stereocenters. The summed E-state index contributed by atoms with van der Waals surface area (Å²) in [5.41, 5.74) is 13.6. The van der Waals surface area contributed by atoms with E-state index in [1.165, 1.54) is 6.07 Å². The SMILES string of the molecule is CC(C)CC1CC(C(=O)N2CCC3NNC(c4ccc(F)c(F)c4)C3C2)NN1. The second-order valence-electron chi connectivity index (χ2n) is 8.69. The van der Waals surface area contributed by atoms with E-state index in [1.807, 2.05) is 4.90 Å². The Kier molecular flexibility index (Phi) is 5.64. The van der Waals surface area contributed by atoms with Crippen molar-refractivity contribution in [2.75, 3.05) is 13.1 Å². The number of amides is 1. The highest BCUT2D eigenvalue weighted by Gasteiger charge is 2.43. The minimum absolute atomic E-state index is 0.114. The van der Waals surface area contributed by atoms with Gasteiger partial charge in [-0.25, -0.2) is 19.6 Å². The number of piperidine rings is 1. The maximum atomic E-state index is 13.7. The Morgan fingerprint density at radius 2 is 2.00 bits per heavy atom. The first-order chi connectivity index (χ1) is 13.4. The first-order valence-corrected chi connectivity index (χ1v) is 10.2. The molecule has 3 aliphatic heterocycles. The second-order valence-corrected chi connectivity index (χ2v) is 8.69. The second kappa shape index (κ2) is 8.02. The Balaban J connectivity index is 1.42. The van der Waals surface area contributed by atoms with Gasteiger partial charge in [0, 0.05) is 31.1 Å². The van der Waals surface area contributed by atoms with Crippen LogP contribution in [0.5, 0.6) is 0 Å². The van der Waals surface area contributed by atoms with Crippen molar-refractivity contribution in [3.8, 4) is 0 Å². The van der Waals surface area contributed by atoms with Crippen LogP contribution < -0.4 is 21.7 Å². The number of hydrazine groups is 2. The molecule has 6 nitrogen and oxygen atoms in total. The molecule has 1 amide bonds. The summed E-state index contributed by atoms with van der Waals surface area (Å²) in [4.78, 5) is 15.0. The molecule has 3 heterocycles. The summed E-state index contributed by atoms with van der Waals surface area (Å²) in [6, 6.07) is 4.19. The van der Waals surface area contributed by atoms with Gasteiger partial charge in [-0.15, -0.1) is 0 Å². The van der Waals surface area contributed by atoms with E-state index in [4.69, 9.17) is 0 Å². The average Bonchev–Trinajstić information content (AvgIpc) is 3.29. The number of carbonyl (C=O) groups excluding carboxylic acids is 1. The van der Waals surface area contributed by atoms with Crippen molar-refractivity contribution in [3.05, 3.63) is 35.4 Å². The van der Waals surface area contributed by atoms with Crippen molar-refractivity contribution in [2.24, 2.45) is 11.8 Å². The molecule has 0 saturated carbocycles. The van der Waals surface area contributed by atoms with Gasteiger partial charge in [-0.3, -0.25) is 15.6 Å². The topological polar surface area (TPSA) is 68.4 Å². The fourth-order valence-corrected chi connectivity index (χ4v) is 4.77. The summed E-state index contributed by atoms with van der Waals surface area (Å²) in [5.74, 6) is -0.876. The molecule has 4 N–H and O–H groups in total. The zero-order chi connectivity index (χ0) is 19.8. The molecule has 0 spiro atoms. The van der Waals surface area contributed by atoms with Crippen LogP contribution in [0.4, 0.5) is 8.78 Å². The predicted molar refractivity (Wildman–Crippen MR) is 102 cm³/mol. The summed E-state index contributed by atoms with van der Waals surface area (Å²) >= 11 is 0. The zero-order valence-corrected chi connectivity index (χ0v) is 16.3. The lowest BCUT2D eigenvalue weighted by Crippen LogP contribution is -2.53. The van der Waals surface area contributed by atoms with Crippen LogP contribution in [-0.2, 0) is 4.79 Å². The summed E-state index contributed by atoms with van der Waals surface area (Å²) in [6.45, 7) is 5.66. The van der Waals surface area contributed by atoms with Crippen LogP contribution in [0.15, 0.2) is 18.2 Å². The monoisotopic (exact) mass is 393 g/mol. The number of nitrogens with one attached hydrogen (secondary N) is 4. The molecule has 0 aromatic heterocycles. The minimum Gasteiger partial charge on any atom is -0.341 e. The third kappa shape index (κ3) is 3.91. The van der Waals surface area contributed by atoms with Gasteiger partial charge in [-0.05, 0) is 42.9 Å². The highest BCUT2D eigenvalue weighted by atomic mass is 19.2. The van der Waals surface area contributed by atoms with Gasteiger partial charge in [-0.1, -0.05) is 19.9 Å². The molecule has 154 valence electrons. The summed E-state index contributed by atoms with van der Waals surface area (Å²) in [6.07, 6.45) is 2.66. The van der Waals surface area contributed by atoms with Gasteiger partial charge >= 0.3 is 0 Å². The normalized spacial score (nSPS) is 32.8. The molecule has 5 unspecified atom stereocenters. The lowest BCUT2D eigenvalue weighted by Gasteiger charge is -2.37. The predicted octanol–water partition coefficient (Wildman–Crippen LogP) is 1.61. The van der Waals surface area contributed by atoms with Crippen LogP contribution in [0.25, 0.3) is 0 Å². The van der Waals surface area contributed by atoms with E-state index in [2.05, 4.69) is 35.6 Å². The molecular weight excluding hydrogens is 364 g/mol. The van der Waals surface area contributed by atoms with E-state index in [9.17, 15) is 13.6 Å². The third-order valence-corrected chi connectivity index (χ3v) is 6.16. The molecule has 4 rings (SSSR count). The van der Waals surface area contributed by atoms with E-state index < -0.39 is 11.6 Å². The largest absolute Gasteiger partial charge is 0.341 e. The molecule has 1 aromatic rings. The van der Waals surface area contributed by atoms with Gasteiger partial charge in [-0.2, -0.15) is 0 Å². The van der Waals surface area contributed by atoms with Crippen LogP contribution in [0.2, 0.25) is 0 Å². The Morgan fingerprint density at radius 3 is 2.75 bits per heavy atom. The maximum Gasteiger partial charge on any atom is 0.241 e. The lowest BCUT2D eigenvalue weighted by atomic mass is 9.84. The van der Waals surface area contributed by atoms with E-state index >= 15 is 0 Å². The molecule has 28 heavy (non-hydrogen) atoms. The summed E-state index contributed by atoms with van der Waals surface area (Å²) in [7, 11) is 0. The maximum absolute atomic E-state index is 13.7. The fraction of sp³-hybridized carbons (Fsp3) is 0.650. The van der Waals surface area contributed by atoms with Crippen LogP contribution in [0, 0.1) is 23.5 Å². The number of carbonyl (C=O) groups is 1. The molecule has 8 heteroatoms.